The molecule has 2 nitrogen and oxygen atoms in total. The third-order valence-electron chi connectivity index (χ3n) is 2.38. The predicted octanol–water partition coefficient (Wildman–Crippen LogP) is 3.99. The Morgan fingerprint density at radius 1 is 1.29 bits per heavy atom. The lowest BCUT2D eigenvalue weighted by atomic mass is 10.1. The van der Waals surface area contributed by atoms with Crippen LogP contribution in [0.5, 0.6) is 5.75 Å². The van der Waals surface area contributed by atoms with Gasteiger partial charge in [0.2, 0.25) is 0 Å². The fraction of sp³-hybridized carbons (Fsp3) is 0.231. The van der Waals surface area contributed by atoms with Crippen LogP contribution >= 0.6 is 27.3 Å². The third kappa shape index (κ3) is 2.89. The molecule has 2 aromatic rings. The van der Waals surface area contributed by atoms with Crippen molar-refractivity contribution < 1.29 is 9.84 Å². The number of hydrogen-bond donors (Lipinski definition) is 1. The van der Waals surface area contributed by atoms with Crippen LogP contribution in [-0.4, -0.2) is 11.7 Å². The van der Waals surface area contributed by atoms with Gasteiger partial charge in [0, 0.05) is 10.4 Å². The third-order valence-corrected chi connectivity index (χ3v) is 4.05. The van der Waals surface area contributed by atoms with E-state index in [1.807, 2.05) is 43.3 Å². The summed E-state index contributed by atoms with van der Waals surface area (Å²) in [6.45, 7) is 2.53. The van der Waals surface area contributed by atoms with E-state index in [2.05, 4.69) is 15.9 Å². The lowest BCUT2D eigenvalue weighted by Crippen LogP contribution is -2.02. The van der Waals surface area contributed by atoms with E-state index < -0.39 is 6.10 Å². The Morgan fingerprint density at radius 3 is 2.71 bits per heavy atom. The van der Waals surface area contributed by atoms with E-state index in [0.29, 0.717) is 6.61 Å². The lowest BCUT2D eigenvalue weighted by Gasteiger charge is -2.14. The van der Waals surface area contributed by atoms with E-state index >= 15 is 0 Å². The first-order valence-corrected chi connectivity index (χ1v) is 6.98. The standard InChI is InChI=1S/C13H13BrO2S/c1-2-16-10-6-4-3-5-9(10)13(15)11-7-8-12(14)17-11/h3-8,13,15H,2H2,1H3. The molecule has 0 aliphatic heterocycles. The Balaban J connectivity index is 2.33. The quantitative estimate of drug-likeness (QED) is 0.925. The van der Waals surface area contributed by atoms with Crippen molar-refractivity contribution in [1.82, 2.24) is 0 Å². The molecule has 4 heteroatoms. The molecule has 17 heavy (non-hydrogen) atoms. The smallest absolute Gasteiger partial charge is 0.125 e. The van der Waals surface area contributed by atoms with Crippen molar-refractivity contribution >= 4 is 27.3 Å². The molecule has 0 radical (unpaired) electrons. The second-order valence-electron chi connectivity index (χ2n) is 3.52. The Bertz CT molecular complexity index is 496. The van der Waals surface area contributed by atoms with E-state index in [1.54, 1.807) is 0 Å². The first-order chi connectivity index (χ1) is 8.22. The molecule has 1 aromatic carbocycles. The number of aliphatic hydroxyl groups is 1. The van der Waals surface area contributed by atoms with Crippen LogP contribution in [0.1, 0.15) is 23.5 Å². The highest BCUT2D eigenvalue weighted by atomic mass is 79.9. The summed E-state index contributed by atoms with van der Waals surface area (Å²) in [7, 11) is 0. The number of thiophene rings is 1. The maximum atomic E-state index is 10.3. The zero-order chi connectivity index (χ0) is 12.3. The summed E-state index contributed by atoms with van der Waals surface area (Å²) in [5.74, 6) is 0.743. The number of hydrogen-bond acceptors (Lipinski definition) is 3. The highest BCUT2D eigenvalue weighted by molar-refractivity contribution is 9.11. The fourth-order valence-corrected chi connectivity index (χ4v) is 3.05. The van der Waals surface area contributed by atoms with Crippen LogP contribution in [0.2, 0.25) is 0 Å². The van der Waals surface area contributed by atoms with Crippen LogP contribution in [0.3, 0.4) is 0 Å². The Morgan fingerprint density at radius 2 is 2.06 bits per heavy atom. The molecule has 90 valence electrons. The maximum Gasteiger partial charge on any atom is 0.125 e. The van der Waals surface area contributed by atoms with Crippen molar-refractivity contribution in [3.05, 3.63) is 50.6 Å². The lowest BCUT2D eigenvalue weighted by molar-refractivity contribution is 0.215. The molecule has 1 unspecified atom stereocenters. The minimum absolute atomic E-state index is 0.595. The highest BCUT2D eigenvalue weighted by Crippen LogP contribution is 2.35. The molecule has 0 bridgehead atoms. The number of para-hydroxylation sites is 1. The Hall–Kier alpha value is -0.840. The van der Waals surface area contributed by atoms with Crippen LogP contribution in [0.25, 0.3) is 0 Å². The predicted molar refractivity (Wildman–Crippen MR) is 73.7 cm³/mol. The van der Waals surface area contributed by atoms with Gasteiger partial charge in [0.1, 0.15) is 11.9 Å². The molecule has 1 N–H and O–H groups in total. The fourth-order valence-electron chi connectivity index (χ4n) is 1.62. The molecule has 1 atom stereocenters. The minimum Gasteiger partial charge on any atom is -0.493 e. The molecule has 2 rings (SSSR count). The minimum atomic E-state index is -0.631. The van der Waals surface area contributed by atoms with Crippen molar-refractivity contribution in [2.45, 2.75) is 13.0 Å². The largest absolute Gasteiger partial charge is 0.493 e. The van der Waals surface area contributed by atoms with Crippen LogP contribution in [0.4, 0.5) is 0 Å². The molecule has 0 saturated heterocycles. The van der Waals surface area contributed by atoms with Crippen molar-refractivity contribution in [1.29, 1.82) is 0 Å². The SMILES string of the molecule is CCOc1ccccc1C(O)c1ccc(Br)s1. The summed E-state index contributed by atoms with van der Waals surface area (Å²) in [6, 6.07) is 11.4. The van der Waals surface area contributed by atoms with Gasteiger partial charge in [0.25, 0.3) is 0 Å². The summed E-state index contributed by atoms with van der Waals surface area (Å²) in [6.07, 6.45) is -0.631. The summed E-state index contributed by atoms with van der Waals surface area (Å²) in [5.41, 5.74) is 0.809. The van der Waals surface area contributed by atoms with Gasteiger partial charge in [-0.15, -0.1) is 11.3 Å². The van der Waals surface area contributed by atoms with Gasteiger partial charge in [0.15, 0.2) is 0 Å². The second kappa shape index (κ2) is 5.67. The van der Waals surface area contributed by atoms with Gasteiger partial charge < -0.3 is 9.84 Å². The molecule has 1 heterocycles. The van der Waals surface area contributed by atoms with Crippen molar-refractivity contribution in [3.8, 4) is 5.75 Å². The summed E-state index contributed by atoms with van der Waals surface area (Å²) < 4.78 is 6.53. The number of aliphatic hydroxyl groups excluding tert-OH is 1. The van der Waals surface area contributed by atoms with Gasteiger partial charge in [-0.05, 0) is 41.1 Å². The second-order valence-corrected chi connectivity index (χ2v) is 6.01. The molecule has 0 amide bonds. The van der Waals surface area contributed by atoms with Gasteiger partial charge in [-0.2, -0.15) is 0 Å². The molecule has 1 aromatic heterocycles. The van der Waals surface area contributed by atoms with Gasteiger partial charge in [0.05, 0.1) is 10.4 Å². The molecule has 0 fully saturated rings. The van der Waals surface area contributed by atoms with Crippen LogP contribution in [0.15, 0.2) is 40.2 Å². The van der Waals surface area contributed by atoms with Gasteiger partial charge in [-0.3, -0.25) is 0 Å². The zero-order valence-electron chi connectivity index (χ0n) is 9.39. The molecular formula is C13H13BrO2S. The van der Waals surface area contributed by atoms with Gasteiger partial charge >= 0.3 is 0 Å². The molecule has 0 aliphatic carbocycles. The van der Waals surface area contributed by atoms with E-state index in [-0.39, 0.29) is 0 Å². The average Bonchev–Trinajstić information content (AvgIpc) is 2.76. The van der Waals surface area contributed by atoms with Crippen LogP contribution in [-0.2, 0) is 0 Å². The van der Waals surface area contributed by atoms with Crippen molar-refractivity contribution in [3.63, 3.8) is 0 Å². The van der Waals surface area contributed by atoms with Gasteiger partial charge in [-0.25, -0.2) is 0 Å². The molecular weight excluding hydrogens is 300 g/mol. The van der Waals surface area contributed by atoms with Crippen molar-refractivity contribution in [2.24, 2.45) is 0 Å². The monoisotopic (exact) mass is 312 g/mol. The number of benzene rings is 1. The molecule has 0 saturated carbocycles. The van der Waals surface area contributed by atoms with Gasteiger partial charge in [-0.1, -0.05) is 18.2 Å². The summed E-state index contributed by atoms with van der Waals surface area (Å²) >= 11 is 4.93. The molecule has 0 spiro atoms. The van der Waals surface area contributed by atoms with E-state index in [9.17, 15) is 5.11 Å². The normalized spacial score (nSPS) is 12.4. The van der Waals surface area contributed by atoms with Crippen LogP contribution in [0, 0.1) is 0 Å². The topological polar surface area (TPSA) is 29.5 Å². The van der Waals surface area contributed by atoms with E-state index in [1.165, 1.54) is 11.3 Å². The summed E-state index contributed by atoms with van der Waals surface area (Å²) in [4.78, 5) is 0.907. The van der Waals surface area contributed by atoms with E-state index in [4.69, 9.17) is 4.74 Å². The number of rotatable bonds is 4. The van der Waals surface area contributed by atoms with Crippen LogP contribution < -0.4 is 4.74 Å². The summed E-state index contributed by atoms with van der Waals surface area (Å²) in [5, 5.41) is 10.3. The zero-order valence-corrected chi connectivity index (χ0v) is 11.8. The maximum absolute atomic E-state index is 10.3. The highest BCUT2D eigenvalue weighted by Gasteiger charge is 2.16. The Labute approximate surface area is 113 Å². The molecule has 0 aliphatic rings. The first-order valence-electron chi connectivity index (χ1n) is 5.37. The number of ether oxygens (including phenoxy) is 1. The first kappa shape index (κ1) is 12.6. The average molecular weight is 313 g/mol. The van der Waals surface area contributed by atoms with E-state index in [0.717, 1.165) is 20.0 Å². The Kier molecular flexibility index (Phi) is 4.20. The van der Waals surface area contributed by atoms with Crippen molar-refractivity contribution in [2.75, 3.05) is 6.61 Å². The number of halogens is 1.